The Kier molecular flexibility index (Phi) is 5.22. The first-order valence-electron chi connectivity index (χ1n) is 9.84. The van der Waals surface area contributed by atoms with Gasteiger partial charge in [-0.25, -0.2) is 9.97 Å². The van der Waals surface area contributed by atoms with E-state index in [9.17, 15) is 10.2 Å². The molecule has 0 saturated carbocycles. The topological polar surface area (TPSA) is 98.9 Å². The van der Waals surface area contributed by atoms with Gasteiger partial charge in [-0.05, 0) is 43.2 Å². The molecule has 1 aromatic carbocycles. The number of rotatable bonds is 4. The molecule has 2 aromatic heterocycles. The average molecular weight is 466 g/mol. The first kappa shape index (κ1) is 21.1. The van der Waals surface area contributed by atoms with Crippen LogP contribution in [-0.4, -0.2) is 48.8 Å². The van der Waals surface area contributed by atoms with E-state index in [2.05, 4.69) is 9.97 Å². The second-order valence-electron chi connectivity index (χ2n) is 8.13. The van der Waals surface area contributed by atoms with Gasteiger partial charge in [-0.15, -0.1) is 0 Å². The lowest BCUT2D eigenvalue weighted by molar-refractivity contribution is -0.207. The summed E-state index contributed by atoms with van der Waals surface area (Å²) >= 11 is 12.3. The molecule has 3 aromatic rings. The van der Waals surface area contributed by atoms with Gasteiger partial charge in [0.2, 0.25) is 0 Å². The van der Waals surface area contributed by atoms with Crippen LogP contribution in [0.5, 0.6) is 0 Å². The Morgan fingerprint density at radius 1 is 1.16 bits per heavy atom. The molecule has 2 aliphatic heterocycles. The van der Waals surface area contributed by atoms with E-state index in [0.717, 1.165) is 0 Å². The molecular weight excluding hydrogens is 445 g/mol. The van der Waals surface area contributed by atoms with Gasteiger partial charge in [0, 0.05) is 11.2 Å². The molecule has 8 nitrogen and oxygen atoms in total. The summed E-state index contributed by atoms with van der Waals surface area (Å²) in [5, 5.41) is 22.5. The molecule has 4 heterocycles. The Bertz CT molecular complexity index is 1140. The van der Waals surface area contributed by atoms with Crippen LogP contribution in [0.25, 0.3) is 11.0 Å². The molecule has 31 heavy (non-hydrogen) atoms. The molecule has 2 aliphatic rings. The third-order valence-corrected chi connectivity index (χ3v) is 6.24. The van der Waals surface area contributed by atoms with E-state index in [1.807, 2.05) is 24.5 Å². The molecule has 5 atom stereocenters. The minimum Gasteiger partial charge on any atom is -0.392 e. The summed E-state index contributed by atoms with van der Waals surface area (Å²) < 4.78 is 20.4. The Labute approximate surface area is 188 Å². The quantitative estimate of drug-likeness (QED) is 0.569. The van der Waals surface area contributed by atoms with Gasteiger partial charge in [0.1, 0.15) is 41.5 Å². The molecule has 164 valence electrons. The fourth-order valence-corrected chi connectivity index (χ4v) is 4.79. The third-order valence-electron chi connectivity index (χ3n) is 5.70. The van der Waals surface area contributed by atoms with E-state index >= 15 is 0 Å². The molecule has 0 spiro atoms. The second kappa shape index (κ2) is 7.67. The van der Waals surface area contributed by atoms with Gasteiger partial charge in [0.05, 0.1) is 12.0 Å². The van der Waals surface area contributed by atoms with Crippen molar-refractivity contribution in [2.45, 2.75) is 56.9 Å². The molecule has 10 heteroatoms. The largest absolute Gasteiger partial charge is 0.392 e. The lowest BCUT2D eigenvalue weighted by atomic mass is 9.95. The van der Waals surface area contributed by atoms with Crippen molar-refractivity contribution in [3.63, 3.8) is 0 Å². The van der Waals surface area contributed by atoms with E-state index in [-0.39, 0.29) is 6.61 Å². The van der Waals surface area contributed by atoms with Crippen molar-refractivity contribution in [2.75, 3.05) is 0 Å². The fourth-order valence-electron chi connectivity index (χ4n) is 4.41. The summed E-state index contributed by atoms with van der Waals surface area (Å²) in [6.07, 6.45) is -0.294. The van der Waals surface area contributed by atoms with E-state index in [1.165, 1.54) is 6.33 Å². The van der Waals surface area contributed by atoms with Crippen LogP contribution in [0.4, 0.5) is 0 Å². The summed E-state index contributed by atoms with van der Waals surface area (Å²) in [5.74, 6) is -0.856. The van der Waals surface area contributed by atoms with Gasteiger partial charge in [-0.2, -0.15) is 0 Å². The Balaban J connectivity index is 1.55. The third kappa shape index (κ3) is 3.52. The molecular formula is C21H21Cl2N3O5. The Morgan fingerprint density at radius 3 is 2.71 bits per heavy atom. The molecule has 0 radical (unpaired) electrons. The molecule has 0 aliphatic carbocycles. The van der Waals surface area contributed by atoms with Crippen molar-refractivity contribution < 1.29 is 24.4 Å². The molecule has 0 amide bonds. The van der Waals surface area contributed by atoms with Crippen LogP contribution >= 0.6 is 23.2 Å². The SMILES string of the molecule is CC1(C)OC2C(O1)[C@@H]([C@H](O)c1ccc(Cl)cc1CO)OC2n1ccc2c(Cl)ncnc21. The van der Waals surface area contributed by atoms with Crippen LogP contribution in [0.1, 0.15) is 37.3 Å². The fraction of sp³-hybridized carbons (Fsp3) is 0.429. The summed E-state index contributed by atoms with van der Waals surface area (Å²) in [5.41, 5.74) is 1.63. The van der Waals surface area contributed by atoms with Crippen molar-refractivity contribution in [1.82, 2.24) is 14.5 Å². The first-order valence-corrected chi connectivity index (χ1v) is 10.6. The monoisotopic (exact) mass is 465 g/mol. The molecule has 2 fully saturated rings. The molecule has 2 N–H and O–H groups in total. The standard InChI is InChI=1S/C21H21Cl2N3O5/c1-21(2)30-16-15(14(28)12-4-3-11(22)7-10(12)8-27)29-20(17(16)31-21)26-6-5-13-18(23)24-9-25-19(13)26/h3-7,9,14-17,20,27-28H,8H2,1-2H3/t14-,15-,16?,17?,20?/m1/s1. The smallest absolute Gasteiger partial charge is 0.164 e. The van der Waals surface area contributed by atoms with Gasteiger partial charge in [-0.3, -0.25) is 0 Å². The number of hydrogen-bond acceptors (Lipinski definition) is 7. The molecule has 0 bridgehead atoms. The highest BCUT2D eigenvalue weighted by Gasteiger charge is 2.58. The predicted octanol–water partition coefficient (Wildman–Crippen LogP) is 3.38. The highest BCUT2D eigenvalue weighted by atomic mass is 35.5. The Morgan fingerprint density at radius 2 is 1.94 bits per heavy atom. The van der Waals surface area contributed by atoms with Gasteiger partial charge >= 0.3 is 0 Å². The normalized spacial score (nSPS) is 28.2. The van der Waals surface area contributed by atoms with Crippen molar-refractivity contribution in [2.24, 2.45) is 0 Å². The van der Waals surface area contributed by atoms with Gasteiger partial charge < -0.3 is 29.0 Å². The average Bonchev–Trinajstić information content (AvgIpc) is 3.38. The summed E-state index contributed by atoms with van der Waals surface area (Å²) in [6.45, 7) is 3.37. The highest BCUT2D eigenvalue weighted by Crippen LogP contribution is 2.47. The van der Waals surface area contributed by atoms with E-state index in [1.54, 1.807) is 24.4 Å². The maximum absolute atomic E-state index is 11.2. The van der Waals surface area contributed by atoms with Crippen molar-refractivity contribution >= 4 is 34.2 Å². The number of benzene rings is 1. The van der Waals surface area contributed by atoms with Gasteiger partial charge in [0.15, 0.2) is 12.0 Å². The van der Waals surface area contributed by atoms with Crippen molar-refractivity contribution in [3.05, 3.63) is 58.1 Å². The number of aliphatic hydroxyl groups is 2. The van der Waals surface area contributed by atoms with Crippen LogP contribution in [0.3, 0.4) is 0 Å². The lowest BCUT2D eigenvalue weighted by Gasteiger charge is -2.28. The minimum absolute atomic E-state index is 0.266. The van der Waals surface area contributed by atoms with Crippen LogP contribution in [-0.2, 0) is 20.8 Å². The van der Waals surface area contributed by atoms with Crippen LogP contribution < -0.4 is 0 Å². The van der Waals surface area contributed by atoms with Gasteiger partial charge in [-0.1, -0.05) is 29.3 Å². The zero-order chi connectivity index (χ0) is 21.9. The van der Waals surface area contributed by atoms with Gasteiger partial charge in [0.25, 0.3) is 0 Å². The number of aromatic nitrogens is 3. The van der Waals surface area contributed by atoms with Crippen LogP contribution in [0, 0.1) is 0 Å². The summed E-state index contributed by atoms with van der Waals surface area (Å²) in [6, 6.07) is 6.78. The summed E-state index contributed by atoms with van der Waals surface area (Å²) in [4.78, 5) is 8.36. The number of fused-ring (bicyclic) bond motifs is 2. The van der Waals surface area contributed by atoms with E-state index < -0.39 is 36.4 Å². The number of halogens is 2. The second-order valence-corrected chi connectivity index (χ2v) is 8.92. The number of ether oxygens (including phenoxy) is 3. The lowest BCUT2D eigenvalue weighted by Crippen LogP contribution is -2.34. The number of nitrogens with zero attached hydrogens (tertiary/aromatic N) is 3. The zero-order valence-electron chi connectivity index (χ0n) is 16.8. The predicted molar refractivity (Wildman–Crippen MR) is 113 cm³/mol. The first-order chi connectivity index (χ1) is 14.8. The van der Waals surface area contributed by atoms with Crippen LogP contribution in [0.15, 0.2) is 36.8 Å². The number of aliphatic hydroxyl groups excluding tert-OH is 2. The van der Waals surface area contributed by atoms with E-state index in [0.29, 0.717) is 32.3 Å². The van der Waals surface area contributed by atoms with Crippen molar-refractivity contribution in [3.8, 4) is 0 Å². The maximum atomic E-state index is 11.2. The minimum atomic E-state index is -1.07. The molecule has 5 rings (SSSR count). The zero-order valence-corrected chi connectivity index (χ0v) is 18.3. The maximum Gasteiger partial charge on any atom is 0.164 e. The van der Waals surface area contributed by atoms with Crippen LogP contribution in [0.2, 0.25) is 10.2 Å². The molecule has 2 saturated heterocycles. The highest BCUT2D eigenvalue weighted by molar-refractivity contribution is 6.33. The molecule has 3 unspecified atom stereocenters. The van der Waals surface area contributed by atoms with Crippen molar-refractivity contribution in [1.29, 1.82) is 0 Å². The Hall–Kier alpha value is -1.78. The summed E-state index contributed by atoms with van der Waals surface area (Å²) in [7, 11) is 0. The number of hydrogen-bond donors (Lipinski definition) is 2. The van der Waals surface area contributed by atoms with E-state index in [4.69, 9.17) is 37.4 Å².